The molecule has 0 aromatic carbocycles. The molecule has 1 heterocycles. The molecule has 0 saturated carbocycles. The van der Waals surface area contributed by atoms with Gasteiger partial charge in [-0.15, -0.1) is 12.6 Å². The second-order valence-corrected chi connectivity index (χ2v) is 6.81. The fourth-order valence-electron chi connectivity index (χ4n) is 2.09. The molecular weight excluding hydrogens is 300 g/mol. The van der Waals surface area contributed by atoms with Crippen molar-refractivity contribution in [2.75, 3.05) is 0 Å². The monoisotopic (exact) mass is 328 g/mol. The zero-order chi connectivity index (χ0) is 17.5. The first-order valence-electron chi connectivity index (χ1n) is 7.99. The molecule has 0 aromatic heterocycles. The molecule has 2 N–H and O–H groups in total. The topological polar surface area (TPSA) is 38.4 Å². The molecule has 2 unspecified atom stereocenters. The van der Waals surface area contributed by atoms with Gasteiger partial charge >= 0.3 is 0 Å². The lowest BCUT2D eigenvalue weighted by molar-refractivity contribution is 0.736. The molecular formula is C20H28N2S. The summed E-state index contributed by atoms with van der Waals surface area (Å²) in [7, 11) is 0. The second kappa shape index (κ2) is 8.32. The van der Waals surface area contributed by atoms with Crippen molar-refractivity contribution in [1.82, 2.24) is 0 Å². The van der Waals surface area contributed by atoms with Crippen LogP contribution in [0.4, 0.5) is 0 Å². The minimum atomic E-state index is -0.439. The molecule has 2 aliphatic rings. The van der Waals surface area contributed by atoms with Gasteiger partial charge in [-0.2, -0.15) is 0 Å². The quantitative estimate of drug-likeness (QED) is 0.707. The van der Waals surface area contributed by atoms with Crippen LogP contribution in [0.5, 0.6) is 0 Å². The number of thiol groups is 1. The lowest BCUT2D eigenvalue weighted by Crippen LogP contribution is -2.30. The third-order valence-electron chi connectivity index (χ3n) is 3.42. The van der Waals surface area contributed by atoms with Crippen molar-refractivity contribution in [2.24, 2.45) is 10.7 Å². The third-order valence-corrected chi connectivity index (χ3v) is 3.68. The van der Waals surface area contributed by atoms with Gasteiger partial charge in [-0.3, -0.25) is 4.99 Å². The van der Waals surface area contributed by atoms with Crippen molar-refractivity contribution in [3.05, 3.63) is 71.9 Å². The van der Waals surface area contributed by atoms with E-state index >= 15 is 0 Å². The van der Waals surface area contributed by atoms with Crippen LogP contribution < -0.4 is 5.73 Å². The standard InChI is InChI=1S/C18H22N2S.C2H6/c1-14(16-5-4-9-17(2,19)10-7-16)13-15-6-11-18(3,21)20-12-8-15;1-2/h4-12,21H,1,13,19H2,2-3H3;1-2H3. The molecule has 0 radical (unpaired) electrons. The Balaban J connectivity index is 0.00000127. The maximum atomic E-state index is 6.09. The highest BCUT2D eigenvalue weighted by Gasteiger charge is 2.14. The lowest BCUT2D eigenvalue weighted by atomic mass is 9.97. The van der Waals surface area contributed by atoms with Gasteiger partial charge in [-0.1, -0.05) is 56.9 Å². The summed E-state index contributed by atoms with van der Waals surface area (Å²) in [5.74, 6) is 0. The summed E-state index contributed by atoms with van der Waals surface area (Å²) in [5.41, 5.74) is 9.01. The van der Waals surface area contributed by atoms with E-state index in [0.29, 0.717) is 0 Å². The van der Waals surface area contributed by atoms with E-state index in [2.05, 4.69) is 36.4 Å². The minimum absolute atomic E-state index is 0.402. The summed E-state index contributed by atoms with van der Waals surface area (Å²) in [4.78, 5) is 3.91. The van der Waals surface area contributed by atoms with Crippen LogP contribution in [-0.4, -0.2) is 16.6 Å². The van der Waals surface area contributed by atoms with Gasteiger partial charge in [0.25, 0.3) is 0 Å². The summed E-state index contributed by atoms with van der Waals surface area (Å²) in [6.45, 7) is 12.1. The van der Waals surface area contributed by atoms with Gasteiger partial charge in [0.1, 0.15) is 4.87 Å². The van der Waals surface area contributed by atoms with Crippen LogP contribution in [0.1, 0.15) is 34.1 Å². The summed E-state index contributed by atoms with van der Waals surface area (Å²) in [6, 6.07) is 0. The zero-order valence-corrected chi connectivity index (χ0v) is 15.5. The Labute approximate surface area is 146 Å². The maximum absolute atomic E-state index is 6.09. The van der Waals surface area contributed by atoms with Crippen molar-refractivity contribution in [2.45, 2.75) is 44.5 Å². The van der Waals surface area contributed by atoms with E-state index in [0.717, 1.165) is 17.6 Å². The Morgan fingerprint density at radius 1 is 1.17 bits per heavy atom. The van der Waals surface area contributed by atoms with Gasteiger partial charge in [0.2, 0.25) is 0 Å². The Morgan fingerprint density at radius 3 is 2.57 bits per heavy atom. The predicted octanol–water partition coefficient (Wildman–Crippen LogP) is 4.94. The normalized spacial score (nSPS) is 29.0. The molecule has 124 valence electrons. The molecule has 0 spiro atoms. The van der Waals surface area contributed by atoms with Crippen LogP contribution >= 0.6 is 12.6 Å². The number of nitrogens with two attached hydrogens (primary N) is 1. The first kappa shape index (κ1) is 19.5. The van der Waals surface area contributed by atoms with E-state index in [9.17, 15) is 0 Å². The first-order chi connectivity index (χ1) is 10.8. The first-order valence-corrected chi connectivity index (χ1v) is 8.44. The Hall–Kier alpha value is -1.58. The van der Waals surface area contributed by atoms with Crippen LogP contribution in [0.3, 0.4) is 0 Å². The molecule has 2 rings (SSSR count). The van der Waals surface area contributed by atoms with Crippen molar-refractivity contribution in [3.8, 4) is 0 Å². The minimum Gasteiger partial charge on any atom is -0.319 e. The molecule has 0 amide bonds. The summed E-state index contributed by atoms with van der Waals surface area (Å²) in [5, 5.41) is 0. The summed E-state index contributed by atoms with van der Waals surface area (Å²) >= 11 is 4.47. The number of nitrogens with zero attached hydrogens (tertiary/aromatic N) is 1. The molecule has 23 heavy (non-hydrogen) atoms. The van der Waals surface area contributed by atoms with Crippen molar-refractivity contribution < 1.29 is 0 Å². The fraction of sp³-hybridized carbons (Fsp3) is 0.350. The van der Waals surface area contributed by atoms with Gasteiger partial charge in [0.15, 0.2) is 0 Å². The van der Waals surface area contributed by atoms with E-state index in [1.807, 2.05) is 70.4 Å². The molecule has 0 fully saturated rings. The average molecular weight is 329 g/mol. The van der Waals surface area contributed by atoms with Gasteiger partial charge in [-0.05, 0) is 49.1 Å². The van der Waals surface area contributed by atoms with E-state index in [1.165, 1.54) is 5.57 Å². The van der Waals surface area contributed by atoms with Gasteiger partial charge in [0.05, 0.1) is 5.54 Å². The number of allylic oxidation sites excluding steroid dienone is 8. The summed E-state index contributed by atoms with van der Waals surface area (Å²) < 4.78 is 0. The lowest BCUT2D eigenvalue weighted by Gasteiger charge is -2.13. The van der Waals surface area contributed by atoms with Crippen LogP contribution in [0, 0.1) is 0 Å². The van der Waals surface area contributed by atoms with Crippen LogP contribution in [0.25, 0.3) is 0 Å². The van der Waals surface area contributed by atoms with E-state index in [-0.39, 0.29) is 0 Å². The predicted molar refractivity (Wildman–Crippen MR) is 107 cm³/mol. The number of hydrogen-bond acceptors (Lipinski definition) is 3. The Bertz CT molecular complexity index is 612. The molecule has 2 nitrogen and oxygen atoms in total. The van der Waals surface area contributed by atoms with Crippen LogP contribution in [0.2, 0.25) is 0 Å². The summed E-state index contributed by atoms with van der Waals surface area (Å²) in [6.07, 6.45) is 18.7. The van der Waals surface area contributed by atoms with Crippen molar-refractivity contribution in [3.63, 3.8) is 0 Å². The highest BCUT2D eigenvalue weighted by atomic mass is 32.1. The van der Waals surface area contributed by atoms with Gasteiger partial charge in [-0.25, -0.2) is 0 Å². The van der Waals surface area contributed by atoms with Crippen LogP contribution in [-0.2, 0) is 0 Å². The Kier molecular flexibility index (Phi) is 7.04. The van der Waals surface area contributed by atoms with E-state index in [1.54, 1.807) is 0 Å². The third kappa shape index (κ3) is 6.59. The molecule has 3 heteroatoms. The largest absolute Gasteiger partial charge is 0.319 e. The second-order valence-electron chi connectivity index (χ2n) is 5.91. The van der Waals surface area contributed by atoms with Crippen molar-refractivity contribution >= 4 is 18.8 Å². The number of aliphatic imine (C=N–C) groups is 1. The highest BCUT2D eigenvalue weighted by molar-refractivity contribution is 7.82. The van der Waals surface area contributed by atoms with E-state index < -0.39 is 10.4 Å². The van der Waals surface area contributed by atoms with Crippen molar-refractivity contribution in [1.29, 1.82) is 0 Å². The Morgan fingerprint density at radius 2 is 1.87 bits per heavy atom. The average Bonchev–Trinajstić information content (AvgIpc) is 2.77. The molecule has 1 aliphatic heterocycles. The number of hydrogen-bond donors (Lipinski definition) is 2. The molecule has 2 atom stereocenters. The highest BCUT2D eigenvalue weighted by Crippen LogP contribution is 2.25. The molecule has 0 bridgehead atoms. The number of rotatable bonds is 3. The van der Waals surface area contributed by atoms with Gasteiger partial charge < -0.3 is 5.73 Å². The van der Waals surface area contributed by atoms with E-state index in [4.69, 9.17) is 5.73 Å². The smallest absolute Gasteiger partial charge is 0.119 e. The van der Waals surface area contributed by atoms with Crippen LogP contribution in [0.15, 0.2) is 76.9 Å². The molecule has 0 aromatic rings. The SMILES string of the molecule is C=C(CC1=CC=NC(C)(S)C=C1)C1=CC=CC(C)(N)C=C1.CC. The zero-order valence-electron chi connectivity index (χ0n) is 14.6. The fourth-order valence-corrected chi connectivity index (χ4v) is 2.23. The molecule has 1 aliphatic carbocycles. The molecule has 0 saturated heterocycles. The van der Waals surface area contributed by atoms with Gasteiger partial charge in [0, 0.05) is 6.21 Å². The maximum Gasteiger partial charge on any atom is 0.119 e.